The average Bonchev–Trinajstić information content (AvgIpc) is 2.33. The summed E-state index contributed by atoms with van der Waals surface area (Å²) in [5.41, 5.74) is 5.49. The smallest absolute Gasteiger partial charge is 0.199 e. The van der Waals surface area contributed by atoms with Crippen molar-refractivity contribution in [2.24, 2.45) is 12.8 Å². The first-order chi connectivity index (χ1) is 5.61. The van der Waals surface area contributed by atoms with Gasteiger partial charge in [-0.2, -0.15) is 0 Å². The predicted molar refractivity (Wildman–Crippen MR) is 45.8 cm³/mol. The fourth-order valence-corrected chi connectivity index (χ4v) is 1.02. The van der Waals surface area contributed by atoms with Gasteiger partial charge in [0.2, 0.25) is 0 Å². The second-order valence-electron chi connectivity index (χ2n) is 2.97. The van der Waals surface area contributed by atoms with Gasteiger partial charge in [-0.1, -0.05) is 0 Å². The van der Waals surface area contributed by atoms with E-state index >= 15 is 0 Å². The van der Waals surface area contributed by atoms with E-state index in [0.717, 1.165) is 0 Å². The lowest BCUT2D eigenvalue weighted by Gasteiger charge is -2.03. The Morgan fingerprint density at radius 3 is 2.92 bits per heavy atom. The van der Waals surface area contributed by atoms with Crippen LogP contribution in [-0.4, -0.2) is 21.4 Å². The summed E-state index contributed by atoms with van der Waals surface area (Å²) in [6.45, 7) is 1.81. The highest BCUT2D eigenvalue weighted by atomic mass is 16.1. The van der Waals surface area contributed by atoms with E-state index in [2.05, 4.69) is 4.98 Å². The summed E-state index contributed by atoms with van der Waals surface area (Å²) in [6.07, 6.45) is 3.70. The van der Waals surface area contributed by atoms with Crippen LogP contribution in [0.3, 0.4) is 0 Å². The van der Waals surface area contributed by atoms with Gasteiger partial charge in [0.25, 0.3) is 0 Å². The largest absolute Gasteiger partial charge is 0.332 e. The van der Waals surface area contributed by atoms with Gasteiger partial charge in [0.1, 0.15) is 0 Å². The van der Waals surface area contributed by atoms with Gasteiger partial charge in [0, 0.05) is 31.9 Å². The van der Waals surface area contributed by atoms with E-state index in [9.17, 15) is 4.79 Å². The highest BCUT2D eigenvalue weighted by Gasteiger charge is 2.11. The molecule has 0 spiro atoms. The SMILES string of the molecule is CC(N)CC(=O)c1nccn1C. The van der Waals surface area contributed by atoms with Crippen molar-refractivity contribution < 1.29 is 4.79 Å². The number of carbonyl (C=O) groups is 1. The van der Waals surface area contributed by atoms with Crippen LogP contribution in [0, 0.1) is 0 Å². The van der Waals surface area contributed by atoms with Gasteiger partial charge in [-0.25, -0.2) is 4.98 Å². The number of aryl methyl sites for hydroxylation is 1. The van der Waals surface area contributed by atoms with Crippen LogP contribution in [0.25, 0.3) is 0 Å². The van der Waals surface area contributed by atoms with E-state index in [1.54, 1.807) is 30.9 Å². The number of hydrogen-bond acceptors (Lipinski definition) is 3. The number of Topliss-reactive ketones (excluding diaryl/α,β-unsaturated/α-hetero) is 1. The Morgan fingerprint density at radius 2 is 2.50 bits per heavy atom. The third kappa shape index (κ3) is 1.92. The predicted octanol–water partition coefficient (Wildman–Crippen LogP) is 0.340. The molecule has 1 unspecified atom stereocenters. The molecule has 1 aromatic heterocycles. The lowest BCUT2D eigenvalue weighted by atomic mass is 10.2. The molecule has 0 aliphatic carbocycles. The number of aromatic nitrogens is 2. The second kappa shape index (κ2) is 3.49. The molecule has 4 nitrogen and oxygen atoms in total. The third-order valence-corrected chi connectivity index (χ3v) is 1.58. The zero-order valence-corrected chi connectivity index (χ0v) is 7.32. The Hall–Kier alpha value is -1.16. The van der Waals surface area contributed by atoms with E-state index in [0.29, 0.717) is 12.2 Å². The fourth-order valence-electron chi connectivity index (χ4n) is 1.02. The summed E-state index contributed by atoms with van der Waals surface area (Å²) in [6, 6.07) is -0.103. The molecule has 0 amide bonds. The average molecular weight is 167 g/mol. The van der Waals surface area contributed by atoms with E-state index in [1.165, 1.54) is 0 Å². The second-order valence-corrected chi connectivity index (χ2v) is 2.97. The van der Waals surface area contributed by atoms with E-state index in [1.807, 2.05) is 0 Å². The van der Waals surface area contributed by atoms with Crippen molar-refractivity contribution in [2.45, 2.75) is 19.4 Å². The Labute approximate surface area is 71.4 Å². The maximum atomic E-state index is 11.4. The van der Waals surface area contributed by atoms with Gasteiger partial charge in [-0.3, -0.25) is 4.79 Å². The normalized spacial score (nSPS) is 12.9. The van der Waals surface area contributed by atoms with Crippen LogP contribution in [0.4, 0.5) is 0 Å². The first-order valence-corrected chi connectivity index (χ1v) is 3.87. The first-order valence-electron chi connectivity index (χ1n) is 3.87. The van der Waals surface area contributed by atoms with Crippen LogP contribution < -0.4 is 5.73 Å². The third-order valence-electron chi connectivity index (χ3n) is 1.58. The summed E-state index contributed by atoms with van der Waals surface area (Å²) >= 11 is 0. The zero-order valence-electron chi connectivity index (χ0n) is 7.32. The van der Waals surface area contributed by atoms with Crippen LogP contribution in [0.5, 0.6) is 0 Å². The minimum absolute atomic E-state index is 0.00231. The molecule has 1 aromatic rings. The molecule has 12 heavy (non-hydrogen) atoms. The molecule has 0 bridgehead atoms. The van der Waals surface area contributed by atoms with Crippen molar-refractivity contribution in [1.82, 2.24) is 9.55 Å². The van der Waals surface area contributed by atoms with Gasteiger partial charge in [-0.15, -0.1) is 0 Å². The summed E-state index contributed by atoms with van der Waals surface area (Å²) < 4.78 is 1.70. The fraction of sp³-hybridized carbons (Fsp3) is 0.500. The molecule has 0 aliphatic heterocycles. The van der Waals surface area contributed by atoms with Crippen LogP contribution >= 0.6 is 0 Å². The number of nitrogens with two attached hydrogens (primary N) is 1. The summed E-state index contributed by atoms with van der Waals surface area (Å²) in [7, 11) is 1.79. The minimum Gasteiger partial charge on any atom is -0.332 e. The topological polar surface area (TPSA) is 60.9 Å². The van der Waals surface area contributed by atoms with Gasteiger partial charge in [0.05, 0.1) is 0 Å². The lowest BCUT2D eigenvalue weighted by molar-refractivity contribution is 0.0963. The highest BCUT2D eigenvalue weighted by molar-refractivity contribution is 5.93. The molecule has 1 atom stereocenters. The molecule has 66 valence electrons. The van der Waals surface area contributed by atoms with Gasteiger partial charge < -0.3 is 10.3 Å². The molecule has 0 radical (unpaired) electrons. The monoisotopic (exact) mass is 167 g/mol. The van der Waals surface area contributed by atoms with Gasteiger partial charge in [0.15, 0.2) is 11.6 Å². The van der Waals surface area contributed by atoms with Crippen LogP contribution in [0.15, 0.2) is 12.4 Å². The highest BCUT2D eigenvalue weighted by Crippen LogP contribution is 2.00. The molecule has 0 fully saturated rings. The van der Waals surface area contributed by atoms with E-state index < -0.39 is 0 Å². The van der Waals surface area contributed by atoms with Gasteiger partial charge >= 0.3 is 0 Å². The van der Waals surface area contributed by atoms with Crippen molar-refractivity contribution in [3.63, 3.8) is 0 Å². The molecule has 1 rings (SSSR count). The van der Waals surface area contributed by atoms with Crippen molar-refractivity contribution in [3.8, 4) is 0 Å². The number of ketones is 1. The molecule has 0 saturated heterocycles. The van der Waals surface area contributed by atoms with Crippen LogP contribution in [-0.2, 0) is 7.05 Å². The minimum atomic E-state index is -0.103. The quantitative estimate of drug-likeness (QED) is 0.660. The van der Waals surface area contributed by atoms with Crippen LogP contribution in [0.1, 0.15) is 24.0 Å². The zero-order chi connectivity index (χ0) is 9.14. The van der Waals surface area contributed by atoms with Crippen molar-refractivity contribution in [3.05, 3.63) is 18.2 Å². The van der Waals surface area contributed by atoms with Gasteiger partial charge in [-0.05, 0) is 6.92 Å². The molecule has 2 N–H and O–H groups in total. The van der Waals surface area contributed by atoms with Crippen molar-refractivity contribution in [1.29, 1.82) is 0 Å². The van der Waals surface area contributed by atoms with Crippen LogP contribution in [0.2, 0.25) is 0 Å². The molecule has 0 saturated carbocycles. The Balaban J connectivity index is 2.72. The summed E-state index contributed by atoms with van der Waals surface area (Å²) in [5.74, 6) is 0.477. The molecule has 1 heterocycles. The number of imidazole rings is 1. The number of nitrogens with zero attached hydrogens (tertiary/aromatic N) is 2. The summed E-state index contributed by atoms with van der Waals surface area (Å²) in [4.78, 5) is 15.3. The standard InChI is InChI=1S/C8H13N3O/c1-6(9)5-7(12)8-10-3-4-11(8)2/h3-4,6H,5,9H2,1-2H3. The molecule has 0 aliphatic rings. The Kier molecular flexibility index (Phi) is 2.60. The summed E-state index contributed by atoms with van der Waals surface area (Å²) in [5, 5.41) is 0. The molecule has 0 aromatic carbocycles. The maximum Gasteiger partial charge on any atom is 0.199 e. The number of rotatable bonds is 3. The van der Waals surface area contributed by atoms with E-state index in [-0.39, 0.29) is 11.8 Å². The molecular formula is C8H13N3O. The Morgan fingerprint density at radius 1 is 1.83 bits per heavy atom. The van der Waals surface area contributed by atoms with E-state index in [4.69, 9.17) is 5.73 Å². The van der Waals surface area contributed by atoms with Crippen molar-refractivity contribution >= 4 is 5.78 Å². The maximum absolute atomic E-state index is 11.4. The number of carbonyl (C=O) groups excluding carboxylic acids is 1. The molecule has 4 heteroatoms. The van der Waals surface area contributed by atoms with Crippen molar-refractivity contribution in [2.75, 3.05) is 0 Å². The first kappa shape index (κ1) is 8.93. The Bertz CT molecular complexity index is 278. The lowest BCUT2D eigenvalue weighted by Crippen LogP contribution is -2.21. The number of hydrogen-bond donors (Lipinski definition) is 1. The molecular weight excluding hydrogens is 154 g/mol.